The number of furan rings is 1. The first-order valence-electron chi connectivity index (χ1n) is 12.4. The summed E-state index contributed by atoms with van der Waals surface area (Å²) in [6.07, 6.45) is 0. The smallest absolute Gasteiger partial charge is 0.160 e. The molecule has 0 aliphatic heterocycles. The molecule has 5 aromatic carbocycles. The summed E-state index contributed by atoms with van der Waals surface area (Å²) in [5, 5.41) is 2.60. The number of para-hydroxylation sites is 1. The second-order valence-corrected chi connectivity index (χ2v) is 9.61. The van der Waals surface area contributed by atoms with E-state index in [-0.39, 0.29) is 0 Å². The lowest BCUT2D eigenvalue weighted by molar-refractivity contribution is 0.669. The van der Waals surface area contributed by atoms with Crippen molar-refractivity contribution in [3.8, 4) is 45.0 Å². The van der Waals surface area contributed by atoms with Crippen molar-refractivity contribution < 1.29 is 4.42 Å². The van der Waals surface area contributed by atoms with E-state index < -0.39 is 0 Å². The zero-order chi connectivity index (χ0) is 25.5. The molecule has 180 valence electrons. The molecular weight excluding hydrogens is 488 g/mol. The maximum absolute atomic E-state index is 6.40. The molecule has 2 heterocycles. The maximum atomic E-state index is 6.40. The van der Waals surface area contributed by atoms with E-state index in [9.17, 15) is 0 Å². The summed E-state index contributed by atoms with van der Waals surface area (Å²) in [4.78, 5) is 9.95. The average molecular weight is 509 g/mol. The van der Waals surface area contributed by atoms with Crippen molar-refractivity contribution in [2.75, 3.05) is 0 Å². The van der Waals surface area contributed by atoms with Crippen molar-refractivity contribution in [1.29, 1.82) is 0 Å². The second kappa shape index (κ2) is 9.29. The van der Waals surface area contributed by atoms with E-state index in [0.29, 0.717) is 16.4 Å². The van der Waals surface area contributed by atoms with Crippen LogP contribution in [0.15, 0.2) is 132 Å². The molecule has 0 amide bonds. The van der Waals surface area contributed by atoms with Crippen LogP contribution in [0.2, 0.25) is 5.02 Å². The summed E-state index contributed by atoms with van der Waals surface area (Å²) in [6, 6.07) is 43.0. The standard InChI is InChI=1S/C34H21ClN2O/c35-29-13-7-12-27-28-20-26(18-19-32(28)38-33(27)29)31-21-30(36-34(37-31)25-10-5-2-6-11-25)24-16-14-23(15-17-24)22-8-3-1-4-9-22/h1-21H. The number of aromatic nitrogens is 2. The number of hydrogen-bond donors (Lipinski definition) is 0. The van der Waals surface area contributed by atoms with E-state index in [4.69, 9.17) is 26.0 Å². The minimum absolute atomic E-state index is 0.606. The van der Waals surface area contributed by atoms with E-state index in [2.05, 4.69) is 60.7 Å². The Morgan fingerprint density at radius 3 is 1.82 bits per heavy atom. The molecule has 0 bridgehead atoms. The van der Waals surface area contributed by atoms with Crippen molar-refractivity contribution >= 4 is 33.5 Å². The second-order valence-electron chi connectivity index (χ2n) is 9.20. The third-order valence-electron chi connectivity index (χ3n) is 6.79. The molecule has 0 unspecified atom stereocenters. The van der Waals surface area contributed by atoms with Gasteiger partial charge in [-0.15, -0.1) is 0 Å². The maximum Gasteiger partial charge on any atom is 0.160 e. The molecule has 2 aromatic heterocycles. The quantitative estimate of drug-likeness (QED) is 0.237. The lowest BCUT2D eigenvalue weighted by Crippen LogP contribution is -1.96. The van der Waals surface area contributed by atoms with E-state index in [0.717, 1.165) is 44.4 Å². The molecule has 0 aliphatic rings. The normalized spacial score (nSPS) is 11.3. The molecule has 0 fully saturated rings. The van der Waals surface area contributed by atoms with Crippen LogP contribution in [-0.4, -0.2) is 9.97 Å². The Labute approximate surface area is 225 Å². The molecule has 0 spiro atoms. The fraction of sp³-hybridized carbons (Fsp3) is 0. The molecule has 0 aliphatic carbocycles. The number of rotatable bonds is 4. The van der Waals surface area contributed by atoms with Crippen LogP contribution in [0, 0.1) is 0 Å². The molecule has 0 radical (unpaired) electrons. The molecular formula is C34H21ClN2O. The fourth-order valence-electron chi connectivity index (χ4n) is 4.85. The fourth-order valence-corrected chi connectivity index (χ4v) is 5.06. The van der Waals surface area contributed by atoms with Crippen LogP contribution in [0.4, 0.5) is 0 Å². The lowest BCUT2D eigenvalue weighted by Gasteiger charge is -2.10. The largest absolute Gasteiger partial charge is 0.454 e. The molecule has 7 rings (SSSR count). The van der Waals surface area contributed by atoms with Crippen LogP contribution in [0.3, 0.4) is 0 Å². The van der Waals surface area contributed by atoms with Crippen LogP contribution in [-0.2, 0) is 0 Å². The number of hydrogen-bond acceptors (Lipinski definition) is 3. The molecule has 0 saturated heterocycles. The van der Waals surface area contributed by atoms with Crippen molar-refractivity contribution in [3.05, 3.63) is 132 Å². The third kappa shape index (κ3) is 4.03. The topological polar surface area (TPSA) is 38.9 Å². The predicted molar refractivity (Wildman–Crippen MR) is 156 cm³/mol. The molecule has 3 nitrogen and oxygen atoms in total. The number of nitrogens with zero attached hydrogens (tertiary/aromatic N) is 2. The van der Waals surface area contributed by atoms with Crippen LogP contribution in [0.25, 0.3) is 67.0 Å². The summed E-state index contributed by atoms with van der Waals surface area (Å²) in [6.45, 7) is 0. The van der Waals surface area contributed by atoms with Crippen molar-refractivity contribution in [2.24, 2.45) is 0 Å². The number of fused-ring (bicyclic) bond motifs is 3. The molecule has 7 aromatic rings. The highest BCUT2D eigenvalue weighted by atomic mass is 35.5. The van der Waals surface area contributed by atoms with Crippen LogP contribution >= 0.6 is 11.6 Å². The summed E-state index contributed by atoms with van der Waals surface area (Å²) in [5.74, 6) is 0.686. The minimum atomic E-state index is 0.606. The van der Waals surface area contributed by atoms with Crippen LogP contribution in [0.5, 0.6) is 0 Å². The van der Waals surface area contributed by atoms with E-state index in [1.807, 2.05) is 66.7 Å². The Morgan fingerprint density at radius 1 is 0.474 bits per heavy atom. The first-order chi connectivity index (χ1) is 18.7. The summed E-state index contributed by atoms with van der Waals surface area (Å²) < 4.78 is 6.04. The predicted octanol–water partition coefficient (Wildman–Crippen LogP) is 9.70. The van der Waals surface area contributed by atoms with Gasteiger partial charge in [-0.2, -0.15) is 0 Å². The Kier molecular flexibility index (Phi) is 5.49. The van der Waals surface area contributed by atoms with E-state index >= 15 is 0 Å². The first kappa shape index (κ1) is 22.5. The SMILES string of the molecule is Clc1cccc2c1oc1ccc(-c3cc(-c4ccc(-c5ccccc5)cc4)nc(-c4ccccc4)n3)cc12. The van der Waals surface area contributed by atoms with Gasteiger partial charge < -0.3 is 4.42 Å². The molecule has 0 N–H and O–H groups in total. The highest BCUT2D eigenvalue weighted by Gasteiger charge is 2.14. The van der Waals surface area contributed by atoms with Crippen LogP contribution in [0.1, 0.15) is 0 Å². The van der Waals surface area contributed by atoms with E-state index in [1.54, 1.807) is 0 Å². The molecule has 0 atom stereocenters. The number of benzene rings is 5. The molecule has 4 heteroatoms. The zero-order valence-corrected chi connectivity index (χ0v) is 21.1. The summed E-state index contributed by atoms with van der Waals surface area (Å²) >= 11 is 6.40. The van der Waals surface area contributed by atoms with Crippen molar-refractivity contribution in [1.82, 2.24) is 9.97 Å². The Balaban J connectivity index is 1.38. The van der Waals surface area contributed by atoms with Gasteiger partial charge in [0.25, 0.3) is 0 Å². The molecule has 38 heavy (non-hydrogen) atoms. The van der Waals surface area contributed by atoms with Crippen LogP contribution < -0.4 is 0 Å². The van der Waals surface area contributed by atoms with Crippen molar-refractivity contribution in [3.63, 3.8) is 0 Å². The Bertz CT molecular complexity index is 1910. The van der Waals surface area contributed by atoms with Gasteiger partial charge in [0.05, 0.1) is 16.4 Å². The monoisotopic (exact) mass is 508 g/mol. The minimum Gasteiger partial charge on any atom is -0.454 e. The lowest BCUT2D eigenvalue weighted by atomic mass is 10.0. The zero-order valence-electron chi connectivity index (χ0n) is 20.3. The van der Waals surface area contributed by atoms with Gasteiger partial charge in [0.1, 0.15) is 5.58 Å². The summed E-state index contributed by atoms with van der Waals surface area (Å²) in [7, 11) is 0. The van der Waals surface area contributed by atoms with Gasteiger partial charge >= 0.3 is 0 Å². The Hall–Kier alpha value is -4.73. The average Bonchev–Trinajstić information content (AvgIpc) is 3.37. The van der Waals surface area contributed by atoms with Gasteiger partial charge in [-0.25, -0.2) is 9.97 Å². The highest BCUT2D eigenvalue weighted by molar-refractivity contribution is 6.35. The first-order valence-corrected chi connectivity index (χ1v) is 12.8. The number of halogens is 1. The Morgan fingerprint density at radius 2 is 1.08 bits per heavy atom. The van der Waals surface area contributed by atoms with Gasteiger partial charge in [0.2, 0.25) is 0 Å². The van der Waals surface area contributed by atoms with Gasteiger partial charge in [0, 0.05) is 27.5 Å². The third-order valence-corrected chi connectivity index (χ3v) is 7.09. The van der Waals surface area contributed by atoms with Gasteiger partial charge in [-0.05, 0) is 41.5 Å². The van der Waals surface area contributed by atoms with Crippen molar-refractivity contribution in [2.45, 2.75) is 0 Å². The van der Waals surface area contributed by atoms with E-state index in [1.165, 1.54) is 11.1 Å². The van der Waals surface area contributed by atoms with Gasteiger partial charge in [-0.3, -0.25) is 0 Å². The van der Waals surface area contributed by atoms with Gasteiger partial charge in [-0.1, -0.05) is 109 Å². The summed E-state index contributed by atoms with van der Waals surface area (Å²) in [5.41, 5.74) is 8.56. The highest BCUT2D eigenvalue weighted by Crippen LogP contribution is 2.36. The van der Waals surface area contributed by atoms with Gasteiger partial charge in [0.15, 0.2) is 11.4 Å². The molecule has 0 saturated carbocycles.